The molecule has 1 heterocycles. The molecule has 0 aromatic carbocycles. The fourth-order valence-corrected chi connectivity index (χ4v) is 1.29. The summed E-state index contributed by atoms with van der Waals surface area (Å²) >= 11 is 0. The molecule has 1 saturated heterocycles. The largest absolute Gasteiger partial charge is 0.316 e. The van der Waals surface area contributed by atoms with Crippen molar-refractivity contribution in [2.24, 2.45) is 11.7 Å². The summed E-state index contributed by atoms with van der Waals surface area (Å²) in [7, 11) is 2.08. The first-order valence-electron chi connectivity index (χ1n) is 3.16. The van der Waals surface area contributed by atoms with E-state index in [1.807, 2.05) is 0 Å². The van der Waals surface area contributed by atoms with Gasteiger partial charge in [-0.25, -0.2) is 0 Å². The molecule has 0 aromatic rings. The number of likely N-dealkylation sites (tertiary alicyclic amines) is 1. The highest BCUT2D eigenvalue weighted by Gasteiger charge is 2.22. The van der Waals surface area contributed by atoms with Crippen LogP contribution in [0.25, 0.3) is 0 Å². The summed E-state index contributed by atoms with van der Waals surface area (Å²) in [4.78, 5) is 2.20. The van der Waals surface area contributed by atoms with E-state index in [0.717, 1.165) is 12.3 Å². The van der Waals surface area contributed by atoms with E-state index in [1.165, 1.54) is 6.54 Å². The fraction of sp³-hybridized carbons (Fsp3) is 1.00. The van der Waals surface area contributed by atoms with Crippen LogP contribution in [0.4, 0.5) is 0 Å². The maximum Gasteiger partial charge on any atom is 0.0572 e. The SMILES string of the molecule is CC1CC(N)N(C)C1. The van der Waals surface area contributed by atoms with Gasteiger partial charge in [0.05, 0.1) is 6.17 Å². The van der Waals surface area contributed by atoms with Crippen LogP contribution in [0.1, 0.15) is 13.3 Å². The van der Waals surface area contributed by atoms with E-state index in [9.17, 15) is 0 Å². The highest BCUT2D eigenvalue weighted by Crippen LogP contribution is 2.16. The molecule has 8 heavy (non-hydrogen) atoms. The number of nitrogens with zero attached hydrogens (tertiary/aromatic N) is 1. The highest BCUT2D eigenvalue weighted by molar-refractivity contribution is 4.75. The van der Waals surface area contributed by atoms with Gasteiger partial charge >= 0.3 is 0 Å². The molecular weight excluding hydrogens is 100 g/mol. The van der Waals surface area contributed by atoms with Crippen molar-refractivity contribution >= 4 is 0 Å². The monoisotopic (exact) mass is 114 g/mol. The minimum absolute atomic E-state index is 0.324. The average Bonchev–Trinajstić information content (AvgIpc) is 1.85. The molecule has 2 N–H and O–H groups in total. The molecule has 1 rings (SSSR count). The lowest BCUT2D eigenvalue weighted by molar-refractivity contribution is 0.315. The second-order valence-electron chi connectivity index (χ2n) is 2.85. The van der Waals surface area contributed by atoms with Crippen LogP contribution in [0.2, 0.25) is 0 Å². The third-order valence-corrected chi connectivity index (χ3v) is 1.81. The Morgan fingerprint density at radius 3 is 2.38 bits per heavy atom. The van der Waals surface area contributed by atoms with Gasteiger partial charge in [0.1, 0.15) is 0 Å². The first-order valence-corrected chi connectivity index (χ1v) is 3.16. The molecule has 0 aromatic heterocycles. The van der Waals surface area contributed by atoms with Crippen molar-refractivity contribution in [3.8, 4) is 0 Å². The predicted octanol–water partition coefficient (Wildman–Crippen LogP) is 0.243. The van der Waals surface area contributed by atoms with Crippen LogP contribution in [0.15, 0.2) is 0 Å². The first kappa shape index (κ1) is 6.05. The van der Waals surface area contributed by atoms with Gasteiger partial charge in [-0.05, 0) is 19.4 Å². The molecular formula is C6H14N2. The van der Waals surface area contributed by atoms with Crippen molar-refractivity contribution in [1.29, 1.82) is 0 Å². The second kappa shape index (κ2) is 2.03. The van der Waals surface area contributed by atoms with Gasteiger partial charge in [-0.15, -0.1) is 0 Å². The van der Waals surface area contributed by atoms with Gasteiger partial charge in [0.2, 0.25) is 0 Å². The number of rotatable bonds is 0. The summed E-state index contributed by atoms with van der Waals surface area (Å²) in [6.45, 7) is 3.41. The molecule has 2 heteroatoms. The molecule has 0 spiro atoms. The van der Waals surface area contributed by atoms with Crippen LogP contribution in [0, 0.1) is 5.92 Å². The molecule has 2 atom stereocenters. The van der Waals surface area contributed by atoms with Gasteiger partial charge in [0.15, 0.2) is 0 Å². The Kier molecular flexibility index (Phi) is 1.54. The van der Waals surface area contributed by atoms with E-state index in [4.69, 9.17) is 5.73 Å². The summed E-state index contributed by atoms with van der Waals surface area (Å²) in [5, 5.41) is 0. The molecule has 0 amide bonds. The fourth-order valence-electron chi connectivity index (χ4n) is 1.29. The lowest BCUT2D eigenvalue weighted by atomic mass is 10.1. The summed E-state index contributed by atoms with van der Waals surface area (Å²) < 4.78 is 0. The Morgan fingerprint density at radius 2 is 2.25 bits per heavy atom. The van der Waals surface area contributed by atoms with Gasteiger partial charge in [-0.2, -0.15) is 0 Å². The Labute approximate surface area is 50.7 Å². The zero-order chi connectivity index (χ0) is 6.15. The van der Waals surface area contributed by atoms with E-state index >= 15 is 0 Å². The zero-order valence-corrected chi connectivity index (χ0v) is 5.59. The molecule has 2 unspecified atom stereocenters. The molecule has 48 valence electrons. The average molecular weight is 114 g/mol. The number of nitrogens with two attached hydrogens (primary N) is 1. The number of hydrogen-bond donors (Lipinski definition) is 1. The minimum Gasteiger partial charge on any atom is -0.316 e. The van der Waals surface area contributed by atoms with Gasteiger partial charge < -0.3 is 5.73 Å². The normalized spacial score (nSPS) is 40.9. The van der Waals surface area contributed by atoms with Crippen LogP contribution in [-0.2, 0) is 0 Å². The quantitative estimate of drug-likeness (QED) is 0.489. The third kappa shape index (κ3) is 1.01. The van der Waals surface area contributed by atoms with Crippen molar-refractivity contribution in [2.75, 3.05) is 13.6 Å². The standard InChI is InChI=1S/C6H14N2/c1-5-3-6(7)8(2)4-5/h5-6H,3-4,7H2,1-2H3. The lowest BCUT2D eigenvalue weighted by Crippen LogP contribution is -2.32. The molecule has 0 aliphatic carbocycles. The van der Waals surface area contributed by atoms with Crippen molar-refractivity contribution in [3.63, 3.8) is 0 Å². The second-order valence-corrected chi connectivity index (χ2v) is 2.85. The first-order chi connectivity index (χ1) is 3.70. The Balaban J connectivity index is 2.39. The lowest BCUT2D eigenvalue weighted by Gasteiger charge is -2.12. The smallest absolute Gasteiger partial charge is 0.0572 e. The van der Waals surface area contributed by atoms with E-state index in [1.54, 1.807) is 0 Å². The van der Waals surface area contributed by atoms with Crippen molar-refractivity contribution in [3.05, 3.63) is 0 Å². The van der Waals surface area contributed by atoms with Crippen molar-refractivity contribution < 1.29 is 0 Å². The van der Waals surface area contributed by atoms with E-state index < -0.39 is 0 Å². The summed E-state index contributed by atoms with van der Waals surface area (Å²) in [5.41, 5.74) is 5.69. The Bertz CT molecular complexity index is 72.6. The molecule has 0 bridgehead atoms. The minimum atomic E-state index is 0.324. The highest BCUT2D eigenvalue weighted by atomic mass is 15.2. The van der Waals surface area contributed by atoms with Gasteiger partial charge in [0, 0.05) is 6.54 Å². The van der Waals surface area contributed by atoms with Crippen LogP contribution >= 0.6 is 0 Å². The predicted molar refractivity (Wildman–Crippen MR) is 34.4 cm³/mol. The summed E-state index contributed by atoms with van der Waals surface area (Å²) in [5.74, 6) is 0.801. The van der Waals surface area contributed by atoms with Crippen molar-refractivity contribution in [2.45, 2.75) is 19.5 Å². The van der Waals surface area contributed by atoms with E-state index in [-0.39, 0.29) is 0 Å². The van der Waals surface area contributed by atoms with Gasteiger partial charge in [-0.3, -0.25) is 4.90 Å². The van der Waals surface area contributed by atoms with E-state index in [0.29, 0.717) is 6.17 Å². The molecule has 1 fully saturated rings. The zero-order valence-electron chi connectivity index (χ0n) is 5.59. The molecule has 1 aliphatic heterocycles. The third-order valence-electron chi connectivity index (χ3n) is 1.81. The van der Waals surface area contributed by atoms with Gasteiger partial charge in [0.25, 0.3) is 0 Å². The van der Waals surface area contributed by atoms with Crippen LogP contribution in [0.5, 0.6) is 0 Å². The molecule has 1 aliphatic rings. The maximum atomic E-state index is 5.69. The maximum absolute atomic E-state index is 5.69. The van der Waals surface area contributed by atoms with Crippen LogP contribution in [-0.4, -0.2) is 24.7 Å². The van der Waals surface area contributed by atoms with Crippen LogP contribution < -0.4 is 5.73 Å². The Hall–Kier alpha value is -0.0800. The van der Waals surface area contributed by atoms with Crippen LogP contribution in [0.3, 0.4) is 0 Å². The Morgan fingerprint density at radius 1 is 1.62 bits per heavy atom. The summed E-state index contributed by atoms with van der Waals surface area (Å²) in [6.07, 6.45) is 1.49. The molecule has 0 saturated carbocycles. The van der Waals surface area contributed by atoms with E-state index in [2.05, 4.69) is 18.9 Å². The topological polar surface area (TPSA) is 29.3 Å². The van der Waals surface area contributed by atoms with Gasteiger partial charge in [-0.1, -0.05) is 6.92 Å². The molecule has 0 radical (unpaired) electrons. The molecule has 2 nitrogen and oxygen atoms in total. The summed E-state index contributed by atoms with van der Waals surface area (Å²) in [6, 6.07) is 0. The number of hydrogen-bond acceptors (Lipinski definition) is 2. The van der Waals surface area contributed by atoms with Crippen molar-refractivity contribution in [1.82, 2.24) is 4.90 Å².